The van der Waals surface area contributed by atoms with Crippen LogP contribution in [0.3, 0.4) is 0 Å². The van der Waals surface area contributed by atoms with Gasteiger partial charge in [0.1, 0.15) is 0 Å². The summed E-state index contributed by atoms with van der Waals surface area (Å²) < 4.78 is 38.4. The predicted octanol–water partition coefficient (Wildman–Crippen LogP) is 5.22. The van der Waals surface area contributed by atoms with E-state index in [2.05, 4.69) is 44.5 Å². The first-order valence-electron chi connectivity index (χ1n) is 9.71. The highest BCUT2D eigenvalue weighted by molar-refractivity contribution is 5.94. The molecule has 1 aromatic rings. The van der Waals surface area contributed by atoms with E-state index in [-0.39, 0.29) is 5.56 Å². The van der Waals surface area contributed by atoms with Crippen molar-refractivity contribution in [1.82, 2.24) is 10.2 Å². The van der Waals surface area contributed by atoms with Crippen molar-refractivity contribution < 1.29 is 18.0 Å². The molecule has 0 aliphatic carbocycles. The summed E-state index contributed by atoms with van der Waals surface area (Å²) in [6, 6.07) is 4.80. The van der Waals surface area contributed by atoms with Gasteiger partial charge in [0.2, 0.25) is 0 Å². The Labute approximate surface area is 171 Å². The third-order valence-electron chi connectivity index (χ3n) is 5.71. The summed E-state index contributed by atoms with van der Waals surface area (Å²) in [6.07, 6.45) is -0.680. The highest BCUT2D eigenvalue weighted by Gasteiger charge is 2.32. The molecule has 0 radical (unpaired) electrons. The molecule has 1 unspecified atom stereocenters. The molecular weight excluding hydrogens is 377 g/mol. The zero-order valence-corrected chi connectivity index (χ0v) is 17.4. The van der Waals surface area contributed by atoms with E-state index in [0.29, 0.717) is 18.5 Å². The van der Waals surface area contributed by atoms with Crippen molar-refractivity contribution in [2.45, 2.75) is 39.9 Å². The number of likely N-dealkylation sites (tertiary alicyclic amines) is 1. The fourth-order valence-corrected chi connectivity index (χ4v) is 3.43. The lowest BCUT2D eigenvalue weighted by atomic mass is 9.92. The number of carbonyl (C=O) groups is 1. The molecule has 29 heavy (non-hydrogen) atoms. The number of hydrogen-bond donors (Lipinski definition) is 1. The molecule has 158 valence electrons. The van der Waals surface area contributed by atoms with Crippen LogP contribution in [0, 0.1) is 5.92 Å². The average molecular weight is 406 g/mol. The Morgan fingerprint density at radius 3 is 2.55 bits per heavy atom. The number of benzene rings is 1. The topological polar surface area (TPSA) is 32.3 Å². The van der Waals surface area contributed by atoms with E-state index in [9.17, 15) is 18.0 Å². The lowest BCUT2D eigenvalue weighted by molar-refractivity contribution is -0.137. The summed E-state index contributed by atoms with van der Waals surface area (Å²) in [4.78, 5) is 14.5. The fourth-order valence-electron chi connectivity index (χ4n) is 3.43. The van der Waals surface area contributed by atoms with Crippen LogP contribution in [0.25, 0.3) is 0 Å². The summed E-state index contributed by atoms with van der Waals surface area (Å²) in [7, 11) is 0. The number of halogens is 3. The van der Waals surface area contributed by atoms with Crippen LogP contribution in [0.2, 0.25) is 0 Å². The summed E-state index contributed by atoms with van der Waals surface area (Å²) in [5.41, 5.74) is 2.95. The largest absolute Gasteiger partial charge is 0.416 e. The third kappa shape index (κ3) is 5.82. The highest BCUT2D eigenvalue weighted by atomic mass is 19.4. The average Bonchev–Trinajstić information content (AvgIpc) is 2.64. The Bertz CT molecular complexity index is 818. The van der Waals surface area contributed by atoms with Gasteiger partial charge in [-0.25, -0.2) is 0 Å². The maximum absolute atomic E-state index is 12.8. The Morgan fingerprint density at radius 1 is 1.31 bits per heavy atom. The lowest BCUT2D eigenvalue weighted by Crippen LogP contribution is -2.55. The van der Waals surface area contributed by atoms with Gasteiger partial charge in [0.25, 0.3) is 5.91 Å². The molecule has 2 rings (SSSR count). The third-order valence-corrected chi connectivity index (χ3v) is 5.71. The Balaban J connectivity index is 1.87. The van der Waals surface area contributed by atoms with E-state index in [4.69, 9.17) is 0 Å². The second-order valence-electron chi connectivity index (χ2n) is 7.68. The van der Waals surface area contributed by atoms with Crippen LogP contribution in [-0.4, -0.2) is 36.5 Å². The zero-order chi connectivity index (χ0) is 21.8. The van der Waals surface area contributed by atoms with Crippen molar-refractivity contribution in [2.24, 2.45) is 5.92 Å². The monoisotopic (exact) mass is 406 g/mol. The van der Waals surface area contributed by atoms with Crippen LogP contribution >= 0.6 is 0 Å². The van der Waals surface area contributed by atoms with Crippen LogP contribution in [-0.2, 0) is 6.18 Å². The first-order valence-corrected chi connectivity index (χ1v) is 9.71. The number of alkyl halides is 3. The van der Waals surface area contributed by atoms with Crippen LogP contribution in [0.4, 0.5) is 13.2 Å². The second-order valence-corrected chi connectivity index (χ2v) is 7.68. The molecule has 1 aromatic carbocycles. The molecule has 1 fully saturated rings. The van der Waals surface area contributed by atoms with E-state index in [1.165, 1.54) is 28.9 Å². The number of nitrogens with one attached hydrogen (secondary N) is 1. The van der Waals surface area contributed by atoms with E-state index in [0.717, 1.165) is 25.2 Å². The molecule has 3 nitrogen and oxygen atoms in total. The first-order chi connectivity index (χ1) is 13.5. The highest BCUT2D eigenvalue weighted by Crippen LogP contribution is 2.29. The molecule has 1 heterocycles. The van der Waals surface area contributed by atoms with Crippen molar-refractivity contribution in [3.05, 3.63) is 70.8 Å². The molecule has 0 saturated carbocycles. The van der Waals surface area contributed by atoms with Crippen molar-refractivity contribution >= 4 is 5.91 Å². The van der Waals surface area contributed by atoms with Gasteiger partial charge in [-0.05, 0) is 57.0 Å². The first kappa shape index (κ1) is 22.9. The fraction of sp³-hybridized carbons (Fsp3) is 0.435. The number of nitrogens with zero attached hydrogens (tertiary/aromatic N) is 1. The van der Waals surface area contributed by atoms with Crippen LogP contribution < -0.4 is 5.32 Å². The number of rotatable bonds is 7. The SMILES string of the molecule is C=C/C=C(C)\C(C)=C(/C)C(C)N1CC(CNC(=O)c2cccc(C(F)(F)F)c2)C1. The van der Waals surface area contributed by atoms with E-state index in [1.807, 2.05) is 6.08 Å². The lowest BCUT2D eigenvalue weighted by Gasteiger charge is -2.44. The molecule has 1 amide bonds. The van der Waals surface area contributed by atoms with Crippen molar-refractivity contribution in [1.29, 1.82) is 0 Å². The van der Waals surface area contributed by atoms with Crippen LogP contribution in [0.15, 0.2) is 59.7 Å². The van der Waals surface area contributed by atoms with Gasteiger partial charge < -0.3 is 5.32 Å². The van der Waals surface area contributed by atoms with Gasteiger partial charge in [-0.2, -0.15) is 13.2 Å². The van der Waals surface area contributed by atoms with Gasteiger partial charge in [-0.15, -0.1) is 0 Å². The van der Waals surface area contributed by atoms with Crippen LogP contribution in [0.5, 0.6) is 0 Å². The minimum Gasteiger partial charge on any atom is -0.352 e. The summed E-state index contributed by atoms with van der Waals surface area (Å²) in [5.74, 6) is -0.176. The smallest absolute Gasteiger partial charge is 0.352 e. The zero-order valence-electron chi connectivity index (χ0n) is 17.4. The summed E-state index contributed by atoms with van der Waals surface area (Å²) in [5, 5.41) is 2.76. The standard InChI is InChI=1S/C23H29F3N2O/c1-6-8-15(2)16(3)17(4)18(5)28-13-19(14-28)12-27-22(29)20-9-7-10-21(11-20)23(24,25)26/h6-11,18-19H,1,12-14H2,2-5H3,(H,27,29)/b15-8-,17-16+. The number of amides is 1. The Hall–Kier alpha value is -2.34. The molecule has 0 bridgehead atoms. The number of allylic oxidation sites excluding steroid dienone is 4. The molecule has 1 N–H and O–H groups in total. The second kappa shape index (κ2) is 9.44. The van der Waals surface area contributed by atoms with E-state index >= 15 is 0 Å². The normalized spacial score (nSPS) is 18.0. The quantitative estimate of drug-likeness (QED) is 0.630. The summed E-state index contributed by atoms with van der Waals surface area (Å²) in [6.45, 7) is 14.3. The minimum absolute atomic E-state index is 0.0308. The van der Waals surface area contributed by atoms with Crippen molar-refractivity contribution in [2.75, 3.05) is 19.6 Å². The van der Waals surface area contributed by atoms with Crippen molar-refractivity contribution in [3.63, 3.8) is 0 Å². The Kier molecular flexibility index (Phi) is 7.47. The number of hydrogen-bond acceptors (Lipinski definition) is 2. The summed E-state index contributed by atoms with van der Waals surface area (Å²) >= 11 is 0. The maximum Gasteiger partial charge on any atom is 0.416 e. The molecule has 1 aliphatic heterocycles. The van der Waals surface area contributed by atoms with Crippen molar-refractivity contribution in [3.8, 4) is 0 Å². The Morgan fingerprint density at radius 2 is 1.97 bits per heavy atom. The predicted molar refractivity (Wildman–Crippen MR) is 111 cm³/mol. The number of carbonyl (C=O) groups excluding carboxylic acids is 1. The minimum atomic E-state index is -4.45. The van der Waals surface area contributed by atoms with Gasteiger partial charge in [0.15, 0.2) is 0 Å². The van der Waals surface area contributed by atoms with Gasteiger partial charge >= 0.3 is 6.18 Å². The van der Waals surface area contributed by atoms with E-state index < -0.39 is 17.6 Å². The molecule has 1 saturated heterocycles. The van der Waals surface area contributed by atoms with E-state index in [1.54, 1.807) is 6.08 Å². The molecule has 6 heteroatoms. The molecule has 1 atom stereocenters. The van der Waals surface area contributed by atoms with Crippen LogP contribution in [0.1, 0.15) is 43.6 Å². The van der Waals surface area contributed by atoms with Gasteiger partial charge in [-0.3, -0.25) is 9.69 Å². The molecule has 1 aliphatic rings. The van der Waals surface area contributed by atoms with Gasteiger partial charge in [0.05, 0.1) is 5.56 Å². The van der Waals surface area contributed by atoms with Gasteiger partial charge in [0, 0.05) is 37.2 Å². The maximum atomic E-state index is 12.8. The van der Waals surface area contributed by atoms with Gasteiger partial charge in [-0.1, -0.05) is 30.4 Å². The molecule has 0 spiro atoms. The molecule has 0 aromatic heterocycles. The molecular formula is C23H29F3N2O.